The Hall–Kier alpha value is -1.84. The standard InChI is InChI=1S/C24H27Cl2FN4O3/c1-22(2)6-8-23(9-7-22)24(14-3-4-16(25)29-20(14)30-21(24)33)17(15(31-23)11-34-12-32)13-5-10-28-19(26)18(13)27/h3-5,10,15,17,31-32H,6-9,11-12H2,1-2H3,(H,29,30,33)/t15-,17-,24+/m0/s1. The molecule has 7 nitrogen and oxygen atoms in total. The third-order valence-electron chi connectivity index (χ3n) is 8.02. The third kappa shape index (κ3) is 3.38. The van der Waals surface area contributed by atoms with E-state index in [1.807, 2.05) is 6.07 Å². The Morgan fingerprint density at radius 3 is 2.65 bits per heavy atom. The average Bonchev–Trinajstić information content (AvgIpc) is 3.23. The molecule has 4 heterocycles. The van der Waals surface area contributed by atoms with Gasteiger partial charge in [0.15, 0.2) is 11.0 Å². The predicted molar refractivity (Wildman–Crippen MR) is 126 cm³/mol. The summed E-state index contributed by atoms with van der Waals surface area (Å²) in [6.45, 7) is 4.03. The highest BCUT2D eigenvalue weighted by Crippen LogP contribution is 2.63. The van der Waals surface area contributed by atoms with Crippen molar-refractivity contribution in [1.82, 2.24) is 15.3 Å². The molecule has 2 aliphatic heterocycles. The molecule has 0 bridgehead atoms. The number of aliphatic hydroxyl groups is 1. The number of pyridine rings is 2. The van der Waals surface area contributed by atoms with Gasteiger partial charge in [-0.2, -0.15) is 0 Å². The van der Waals surface area contributed by atoms with Crippen LogP contribution in [0.4, 0.5) is 10.2 Å². The first-order valence-electron chi connectivity index (χ1n) is 11.4. The molecular weight excluding hydrogens is 482 g/mol. The first-order chi connectivity index (χ1) is 16.1. The number of carbonyl (C=O) groups is 1. The number of ether oxygens (including phenoxy) is 1. The minimum absolute atomic E-state index is 0.0804. The molecule has 1 amide bonds. The molecule has 2 aromatic heterocycles. The predicted octanol–water partition coefficient (Wildman–Crippen LogP) is 4.17. The number of aliphatic hydroxyl groups excluding tert-OH is 1. The van der Waals surface area contributed by atoms with Crippen molar-refractivity contribution in [2.75, 3.05) is 18.7 Å². The van der Waals surface area contributed by atoms with Gasteiger partial charge >= 0.3 is 0 Å². The number of amides is 1. The van der Waals surface area contributed by atoms with E-state index in [1.165, 1.54) is 6.20 Å². The molecule has 3 atom stereocenters. The van der Waals surface area contributed by atoms with Gasteiger partial charge < -0.3 is 20.5 Å². The quantitative estimate of drug-likeness (QED) is 0.423. The molecule has 0 aromatic carbocycles. The average molecular weight is 509 g/mol. The van der Waals surface area contributed by atoms with Gasteiger partial charge in [0.2, 0.25) is 5.91 Å². The van der Waals surface area contributed by atoms with Gasteiger partial charge in [-0.15, -0.1) is 0 Å². The second-order valence-electron chi connectivity index (χ2n) is 10.3. The van der Waals surface area contributed by atoms with E-state index in [2.05, 4.69) is 34.4 Å². The molecule has 1 saturated heterocycles. The van der Waals surface area contributed by atoms with E-state index in [9.17, 15) is 9.90 Å². The van der Waals surface area contributed by atoms with Crippen LogP contribution in [0, 0.1) is 11.2 Å². The molecule has 2 spiro atoms. The molecule has 3 aliphatic rings. The summed E-state index contributed by atoms with van der Waals surface area (Å²) in [6, 6.07) is 4.57. The Balaban J connectivity index is 1.79. The van der Waals surface area contributed by atoms with Crippen LogP contribution < -0.4 is 10.6 Å². The van der Waals surface area contributed by atoms with Crippen molar-refractivity contribution < 1.29 is 19.0 Å². The van der Waals surface area contributed by atoms with Crippen molar-refractivity contribution in [3.8, 4) is 0 Å². The van der Waals surface area contributed by atoms with Crippen molar-refractivity contribution >= 4 is 34.9 Å². The second-order valence-corrected chi connectivity index (χ2v) is 11.0. The molecule has 1 aliphatic carbocycles. The molecule has 182 valence electrons. The molecule has 2 aromatic rings. The highest BCUT2D eigenvalue weighted by atomic mass is 35.5. The molecule has 5 rings (SSSR count). The van der Waals surface area contributed by atoms with E-state index in [-0.39, 0.29) is 33.8 Å². The highest BCUT2D eigenvalue weighted by molar-refractivity contribution is 6.30. The van der Waals surface area contributed by atoms with Crippen LogP contribution in [-0.2, 0) is 14.9 Å². The molecule has 1 saturated carbocycles. The highest BCUT2D eigenvalue weighted by Gasteiger charge is 2.72. The van der Waals surface area contributed by atoms with Crippen LogP contribution in [0.1, 0.15) is 56.6 Å². The zero-order valence-corrected chi connectivity index (χ0v) is 20.5. The minimum Gasteiger partial charge on any atom is -0.371 e. The summed E-state index contributed by atoms with van der Waals surface area (Å²) >= 11 is 12.3. The minimum atomic E-state index is -1.19. The third-order valence-corrected chi connectivity index (χ3v) is 8.49. The normalized spacial score (nSPS) is 28.9. The van der Waals surface area contributed by atoms with Crippen LogP contribution in [-0.4, -0.2) is 46.0 Å². The van der Waals surface area contributed by atoms with E-state index in [0.29, 0.717) is 24.2 Å². The Bertz CT molecular complexity index is 1140. The number of hydrogen-bond donors (Lipinski definition) is 3. The molecular formula is C24H27Cl2FN4O3. The first kappa shape index (κ1) is 23.9. The number of anilines is 1. The lowest BCUT2D eigenvalue weighted by atomic mass is 9.53. The largest absolute Gasteiger partial charge is 0.371 e. The van der Waals surface area contributed by atoms with Crippen LogP contribution >= 0.6 is 23.2 Å². The summed E-state index contributed by atoms with van der Waals surface area (Å²) in [6.07, 6.45) is 4.60. The smallest absolute Gasteiger partial charge is 0.238 e. The Labute approximate surface area is 207 Å². The number of aromatic nitrogens is 2. The van der Waals surface area contributed by atoms with Crippen LogP contribution in [0.5, 0.6) is 0 Å². The summed E-state index contributed by atoms with van der Waals surface area (Å²) in [4.78, 5) is 22.4. The topological polar surface area (TPSA) is 96.4 Å². The number of nitrogens with zero attached hydrogens (tertiary/aromatic N) is 2. The van der Waals surface area contributed by atoms with Crippen molar-refractivity contribution in [2.45, 2.75) is 62.4 Å². The monoisotopic (exact) mass is 508 g/mol. The Morgan fingerprint density at radius 1 is 1.21 bits per heavy atom. The number of fused-ring (bicyclic) bond motifs is 3. The number of carbonyl (C=O) groups excluding carboxylic acids is 1. The first-order valence-corrected chi connectivity index (χ1v) is 12.2. The maximum atomic E-state index is 15.6. The lowest BCUT2D eigenvalue weighted by molar-refractivity contribution is -0.124. The van der Waals surface area contributed by atoms with Crippen molar-refractivity contribution in [3.63, 3.8) is 0 Å². The lowest BCUT2D eigenvalue weighted by Crippen LogP contribution is -2.61. The zero-order chi connectivity index (χ0) is 24.3. The summed E-state index contributed by atoms with van der Waals surface area (Å²) in [7, 11) is 0. The van der Waals surface area contributed by atoms with Crippen LogP contribution in [0.3, 0.4) is 0 Å². The van der Waals surface area contributed by atoms with Gasteiger partial charge in [0.05, 0.1) is 6.61 Å². The fraction of sp³-hybridized carbons (Fsp3) is 0.542. The van der Waals surface area contributed by atoms with Crippen molar-refractivity contribution in [2.24, 2.45) is 5.41 Å². The molecule has 34 heavy (non-hydrogen) atoms. The maximum Gasteiger partial charge on any atom is 0.238 e. The van der Waals surface area contributed by atoms with Gasteiger partial charge in [-0.25, -0.2) is 14.4 Å². The van der Waals surface area contributed by atoms with Crippen molar-refractivity contribution in [3.05, 3.63) is 51.6 Å². The van der Waals surface area contributed by atoms with Crippen LogP contribution in [0.2, 0.25) is 10.3 Å². The Kier molecular flexibility index (Phi) is 5.89. The summed E-state index contributed by atoms with van der Waals surface area (Å²) in [5, 5.41) is 16.0. The van der Waals surface area contributed by atoms with Gasteiger partial charge in [-0.3, -0.25) is 4.79 Å². The summed E-state index contributed by atoms with van der Waals surface area (Å²) in [5.74, 6) is -1.23. The lowest BCUT2D eigenvalue weighted by Gasteiger charge is -2.50. The van der Waals surface area contributed by atoms with Crippen LogP contribution in [0.15, 0.2) is 24.4 Å². The molecule has 0 unspecified atom stereocenters. The second kappa shape index (κ2) is 8.38. The molecule has 10 heteroatoms. The van der Waals surface area contributed by atoms with Crippen LogP contribution in [0.25, 0.3) is 0 Å². The van der Waals surface area contributed by atoms with E-state index in [0.717, 1.165) is 12.8 Å². The fourth-order valence-corrected chi connectivity index (χ4v) is 6.76. The fourth-order valence-electron chi connectivity index (χ4n) is 6.44. The molecule has 3 N–H and O–H groups in total. The summed E-state index contributed by atoms with van der Waals surface area (Å²) < 4.78 is 21.0. The van der Waals surface area contributed by atoms with Gasteiger partial charge in [0, 0.05) is 29.3 Å². The SMILES string of the molecule is CC1(C)CCC2(CC1)N[C@@H](COCO)[C@H](c1ccnc(Cl)c1F)[C@]21C(=O)Nc2nc(Cl)ccc21. The van der Waals surface area contributed by atoms with Gasteiger partial charge in [-0.1, -0.05) is 43.1 Å². The molecule has 2 fully saturated rings. The zero-order valence-electron chi connectivity index (χ0n) is 19.0. The number of hydrogen-bond acceptors (Lipinski definition) is 6. The van der Waals surface area contributed by atoms with E-state index >= 15 is 4.39 Å². The Morgan fingerprint density at radius 2 is 1.94 bits per heavy atom. The number of nitrogens with one attached hydrogen (secondary N) is 2. The van der Waals surface area contributed by atoms with E-state index in [4.69, 9.17) is 27.9 Å². The summed E-state index contributed by atoms with van der Waals surface area (Å²) in [5.41, 5.74) is -0.809. The van der Waals surface area contributed by atoms with Crippen molar-refractivity contribution in [1.29, 1.82) is 0 Å². The van der Waals surface area contributed by atoms with Gasteiger partial charge in [0.1, 0.15) is 23.2 Å². The van der Waals surface area contributed by atoms with Gasteiger partial charge in [0.25, 0.3) is 0 Å². The molecule has 0 radical (unpaired) electrons. The number of rotatable bonds is 4. The van der Waals surface area contributed by atoms with Gasteiger partial charge in [-0.05, 0) is 48.8 Å². The number of halogens is 3. The van der Waals surface area contributed by atoms with E-state index in [1.54, 1.807) is 12.1 Å². The van der Waals surface area contributed by atoms with E-state index < -0.39 is 35.5 Å². The maximum absolute atomic E-state index is 15.6.